The van der Waals surface area contributed by atoms with Crippen LogP contribution in [-0.2, 0) is 21.7 Å². The third-order valence-electron chi connectivity index (χ3n) is 4.11. The lowest BCUT2D eigenvalue weighted by atomic mass is 9.92. The van der Waals surface area contributed by atoms with E-state index >= 15 is 0 Å². The Morgan fingerprint density at radius 2 is 1.92 bits per heavy atom. The Morgan fingerprint density at radius 3 is 2.48 bits per heavy atom. The van der Waals surface area contributed by atoms with E-state index in [0.29, 0.717) is 18.0 Å². The number of aliphatic hydroxyl groups is 1. The highest BCUT2D eigenvalue weighted by Gasteiger charge is 2.63. The SMILES string of the molecule is CCOC(=O)[C@](O)(c1cn(CCC(C)C)c2ccccc12)C(F)(F)F. The molecule has 0 bridgehead atoms. The van der Waals surface area contributed by atoms with Crippen LogP contribution in [0.3, 0.4) is 0 Å². The van der Waals surface area contributed by atoms with Gasteiger partial charge in [-0.2, -0.15) is 13.2 Å². The molecule has 0 fully saturated rings. The van der Waals surface area contributed by atoms with Gasteiger partial charge in [0.15, 0.2) is 0 Å². The maximum absolute atomic E-state index is 13.7. The molecular weight excluding hydrogens is 335 g/mol. The van der Waals surface area contributed by atoms with Crippen LogP contribution in [0.15, 0.2) is 30.5 Å². The number of hydrogen-bond acceptors (Lipinski definition) is 3. The van der Waals surface area contributed by atoms with E-state index in [1.807, 2.05) is 13.8 Å². The third kappa shape index (κ3) is 3.51. The Labute approximate surface area is 144 Å². The number of benzene rings is 1. The molecule has 1 N–H and O–H groups in total. The highest BCUT2D eigenvalue weighted by atomic mass is 19.4. The van der Waals surface area contributed by atoms with Crippen LogP contribution in [0.5, 0.6) is 0 Å². The maximum atomic E-state index is 13.7. The monoisotopic (exact) mass is 357 g/mol. The molecule has 0 unspecified atom stereocenters. The average Bonchev–Trinajstić information content (AvgIpc) is 2.90. The van der Waals surface area contributed by atoms with E-state index < -0.39 is 23.3 Å². The molecule has 2 rings (SSSR count). The smallest absolute Gasteiger partial charge is 0.432 e. The summed E-state index contributed by atoms with van der Waals surface area (Å²) in [6.07, 6.45) is -3.24. The van der Waals surface area contributed by atoms with E-state index in [0.717, 1.165) is 6.42 Å². The fraction of sp³-hybridized carbons (Fsp3) is 0.500. The van der Waals surface area contributed by atoms with E-state index in [2.05, 4.69) is 4.74 Å². The number of aromatic nitrogens is 1. The predicted molar refractivity (Wildman–Crippen MR) is 88.0 cm³/mol. The molecule has 2 aromatic rings. The number of alkyl halides is 3. The van der Waals surface area contributed by atoms with Crippen LogP contribution in [0.25, 0.3) is 10.9 Å². The fourth-order valence-corrected chi connectivity index (χ4v) is 2.73. The van der Waals surface area contributed by atoms with Crippen molar-refractivity contribution in [1.29, 1.82) is 0 Å². The zero-order chi connectivity index (χ0) is 18.8. The first-order chi connectivity index (χ1) is 11.6. The summed E-state index contributed by atoms with van der Waals surface area (Å²) < 4.78 is 47.1. The Morgan fingerprint density at radius 1 is 1.28 bits per heavy atom. The summed E-state index contributed by atoms with van der Waals surface area (Å²) in [5.41, 5.74) is -3.67. The number of esters is 1. The molecule has 0 spiro atoms. The molecule has 0 aliphatic heterocycles. The normalized spacial score (nSPS) is 14.7. The molecule has 25 heavy (non-hydrogen) atoms. The van der Waals surface area contributed by atoms with Crippen molar-refractivity contribution in [3.63, 3.8) is 0 Å². The van der Waals surface area contributed by atoms with Gasteiger partial charge in [-0.1, -0.05) is 32.0 Å². The van der Waals surface area contributed by atoms with Crippen LogP contribution in [0.1, 0.15) is 32.8 Å². The first-order valence-corrected chi connectivity index (χ1v) is 8.17. The zero-order valence-electron chi connectivity index (χ0n) is 14.4. The van der Waals surface area contributed by atoms with Crippen LogP contribution in [0.4, 0.5) is 13.2 Å². The second kappa shape index (κ2) is 7.07. The summed E-state index contributed by atoms with van der Waals surface area (Å²) in [6.45, 7) is 5.63. The van der Waals surface area contributed by atoms with Crippen LogP contribution < -0.4 is 0 Å². The molecule has 1 atom stereocenters. The van der Waals surface area contributed by atoms with Crippen molar-refractivity contribution in [3.8, 4) is 0 Å². The Balaban J connectivity index is 2.66. The van der Waals surface area contributed by atoms with Crippen LogP contribution in [0.2, 0.25) is 0 Å². The molecule has 0 amide bonds. The van der Waals surface area contributed by atoms with Crippen LogP contribution >= 0.6 is 0 Å². The number of rotatable bonds is 6. The van der Waals surface area contributed by atoms with Crippen molar-refractivity contribution < 1.29 is 27.8 Å². The quantitative estimate of drug-likeness (QED) is 0.795. The van der Waals surface area contributed by atoms with Crippen molar-refractivity contribution in [1.82, 2.24) is 4.57 Å². The molecule has 0 saturated heterocycles. The van der Waals surface area contributed by atoms with Crippen LogP contribution in [0, 0.1) is 5.92 Å². The highest BCUT2D eigenvalue weighted by molar-refractivity contribution is 5.92. The molecule has 4 nitrogen and oxygen atoms in total. The fourth-order valence-electron chi connectivity index (χ4n) is 2.73. The Hall–Kier alpha value is -2.02. The number of carbonyl (C=O) groups is 1. The van der Waals surface area contributed by atoms with Crippen molar-refractivity contribution >= 4 is 16.9 Å². The number of hydrogen-bond donors (Lipinski definition) is 1. The topological polar surface area (TPSA) is 51.5 Å². The lowest BCUT2D eigenvalue weighted by Crippen LogP contribution is -2.50. The van der Waals surface area contributed by atoms with Gasteiger partial charge in [0.2, 0.25) is 0 Å². The van der Waals surface area contributed by atoms with Gasteiger partial charge < -0.3 is 14.4 Å². The minimum absolute atomic E-state index is 0.180. The molecule has 1 aromatic carbocycles. The largest absolute Gasteiger partial charge is 0.463 e. The average molecular weight is 357 g/mol. The molecule has 0 radical (unpaired) electrons. The van der Waals surface area contributed by atoms with E-state index in [-0.39, 0.29) is 12.0 Å². The summed E-state index contributed by atoms with van der Waals surface area (Å²) >= 11 is 0. The first-order valence-electron chi connectivity index (χ1n) is 8.17. The minimum atomic E-state index is -5.20. The number of ether oxygens (including phenoxy) is 1. The number of carbonyl (C=O) groups excluding carboxylic acids is 1. The lowest BCUT2D eigenvalue weighted by molar-refractivity contribution is -0.267. The highest BCUT2D eigenvalue weighted by Crippen LogP contribution is 2.43. The number of fused-ring (bicyclic) bond motifs is 1. The van der Waals surface area contributed by atoms with Gasteiger partial charge in [-0.05, 0) is 25.3 Å². The van der Waals surface area contributed by atoms with E-state index in [9.17, 15) is 23.1 Å². The number of nitrogens with zero attached hydrogens (tertiary/aromatic N) is 1. The van der Waals surface area contributed by atoms with E-state index in [1.165, 1.54) is 19.2 Å². The summed E-state index contributed by atoms with van der Waals surface area (Å²) in [5, 5.41) is 10.6. The predicted octanol–water partition coefficient (Wildman–Crippen LogP) is 4.00. The van der Waals surface area contributed by atoms with Gasteiger partial charge in [0, 0.05) is 29.2 Å². The lowest BCUT2D eigenvalue weighted by Gasteiger charge is -2.27. The van der Waals surface area contributed by atoms with E-state index in [4.69, 9.17) is 0 Å². The summed E-state index contributed by atoms with van der Waals surface area (Å²) in [5.74, 6) is -1.36. The molecule has 0 aliphatic rings. The second-order valence-electron chi connectivity index (χ2n) is 6.36. The third-order valence-corrected chi connectivity index (χ3v) is 4.11. The molecule has 0 aliphatic carbocycles. The van der Waals surface area contributed by atoms with Crippen molar-refractivity contribution in [2.75, 3.05) is 6.61 Å². The van der Waals surface area contributed by atoms with Gasteiger partial charge in [0.1, 0.15) is 0 Å². The number of aryl methyl sites for hydroxylation is 1. The molecular formula is C18H22F3NO3. The van der Waals surface area contributed by atoms with Gasteiger partial charge in [0.05, 0.1) is 6.61 Å². The van der Waals surface area contributed by atoms with Gasteiger partial charge in [-0.3, -0.25) is 0 Å². The van der Waals surface area contributed by atoms with Gasteiger partial charge >= 0.3 is 12.1 Å². The molecule has 0 saturated carbocycles. The maximum Gasteiger partial charge on any atom is 0.432 e. The molecule has 138 valence electrons. The van der Waals surface area contributed by atoms with Crippen LogP contribution in [-0.4, -0.2) is 28.4 Å². The Kier molecular flexibility index (Phi) is 5.46. The first kappa shape index (κ1) is 19.3. The standard InChI is InChI=1S/C18H22F3NO3/c1-4-25-16(23)17(24,18(19,20)21)14-11-22(10-9-12(2)3)15-8-6-5-7-13(14)15/h5-8,11-12,24H,4,9-10H2,1-3H3/t17-/m1/s1. The van der Waals surface area contributed by atoms with Crippen molar-refractivity contribution in [2.24, 2.45) is 5.92 Å². The second-order valence-corrected chi connectivity index (χ2v) is 6.36. The minimum Gasteiger partial charge on any atom is -0.463 e. The van der Waals surface area contributed by atoms with Crippen molar-refractivity contribution in [3.05, 3.63) is 36.0 Å². The Bertz CT molecular complexity index is 752. The zero-order valence-corrected chi connectivity index (χ0v) is 14.4. The summed E-state index contributed by atoms with van der Waals surface area (Å²) in [6, 6.07) is 6.41. The molecule has 1 aromatic heterocycles. The summed E-state index contributed by atoms with van der Waals surface area (Å²) in [7, 11) is 0. The molecule has 7 heteroatoms. The van der Waals surface area contributed by atoms with E-state index in [1.54, 1.807) is 22.8 Å². The van der Waals surface area contributed by atoms with Crippen molar-refractivity contribution in [2.45, 2.75) is 45.5 Å². The van der Waals surface area contributed by atoms with Gasteiger partial charge in [-0.15, -0.1) is 0 Å². The summed E-state index contributed by atoms with van der Waals surface area (Å²) in [4.78, 5) is 12.0. The van der Waals surface area contributed by atoms with Gasteiger partial charge in [-0.25, -0.2) is 4.79 Å². The number of para-hydroxylation sites is 1. The van der Waals surface area contributed by atoms with Gasteiger partial charge in [0.25, 0.3) is 5.60 Å². The number of halogens is 3. The molecule has 1 heterocycles.